The summed E-state index contributed by atoms with van der Waals surface area (Å²) in [5.74, 6) is -0.212. The predicted molar refractivity (Wildman–Crippen MR) is 119 cm³/mol. The number of rotatable bonds is 8. The summed E-state index contributed by atoms with van der Waals surface area (Å²) < 4.78 is 5.82. The van der Waals surface area contributed by atoms with Gasteiger partial charge < -0.3 is 9.64 Å². The largest absolute Gasteiger partial charge is 0.488 e. The van der Waals surface area contributed by atoms with Gasteiger partial charge in [0.2, 0.25) is 5.91 Å². The van der Waals surface area contributed by atoms with Gasteiger partial charge in [0.15, 0.2) is 0 Å². The number of imide groups is 1. The van der Waals surface area contributed by atoms with Gasteiger partial charge in [0.1, 0.15) is 17.4 Å². The first kappa shape index (κ1) is 23.3. The number of hydroxylamine groups is 1. The normalized spacial score (nSPS) is 16.4. The molecule has 0 radical (unpaired) electrons. The molecule has 3 rings (SSSR count). The first-order valence-corrected chi connectivity index (χ1v) is 10.6. The quantitative estimate of drug-likeness (QED) is 0.369. The molecule has 32 heavy (non-hydrogen) atoms. The molecule has 2 aromatic rings. The predicted octanol–water partition coefficient (Wildman–Crippen LogP) is 3.88. The van der Waals surface area contributed by atoms with Gasteiger partial charge in [-0.3, -0.25) is 14.8 Å². The summed E-state index contributed by atoms with van der Waals surface area (Å²) in [5, 5.41) is 8.70. The molecule has 170 valence electrons. The second-order valence-corrected chi connectivity index (χ2v) is 8.72. The van der Waals surface area contributed by atoms with E-state index in [1.807, 2.05) is 51.1 Å². The molecule has 1 atom stereocenters. The van der Waals surface area contributed by atoms with E-state index in [2.05, 4.69) is 0 Å². The van der Waals surface area contributed by atoms with Gasteiger partial charge in [-0.15, -0.1) is 0 Å². The number of benzene rings is 2. The van der Waals surface area contributed by atoms with E-state index in [0.29, 0.717) is 24.3 Å². The summed E-state index contributed by atoms with van der Waals surface area (Å²) in [7, 11) is 0. The van der Waals surface area contributed by atoms with E-state index >= 15 is 0 Å². The average Bonchev–Trinajstić information content (AvgIpc) is 2.98. The van der Waals surface area contributed by atoms with Crippen LogP contribution in [0.25, 0.3) is 0 Å². The molecule has 0 aliphatic carbocycles. The monoisotopic (exact) mass is 439 g/mol. The zero-order valence-electron chi connectivity index (χ0n) is 18.6. The minimum atomic E-state index is -0.695. The van der Waals surface area contributed by atoms with Crippen LogP contribution in [0.1, 0.15) is 45.6 Å². The maximum Gasteiger partial charge on any atom is 0.332 e. The molecule has 2 aromatic carbocycles. The van der Waals surface area contributed by atoms with Gasteiger partial charge in [-0.1, -0.05) is 30.3 Å². The topological polar surface area (TPSA) is 99.2 Å². The highest BCUT2D eigenvalue weighted by Gasteiger charge is 2.45. The Hall–Kier alpha value is -3.39. The van der Waals surface area contributed by atoms with Crippen molar-refractivity contribution in [3.8, 4) is 5.75 Å². The minimum Gasteiger partial charge on any atom is -0.488 e. The van der Waals surface area contributed by atoms with Crippen LogP contribution in [0.4, 0.5) is 10.5 Å². The highest BCUT2D eigenvalue weighted by atomic mass is 16.5. The van der Waals surface area contributed by atoms with E-state index in [1.165, 1.54) is 9.80 Å². The number of carbonyl (C=O) groups excluding carboxylic acids is 3. The molecule has 1 heterocycles. The first-order chi connectivity index (χ1) is 15.2. The molecule has 0 saturated carbocycles. The number of urea groups is 1. The van der Waals surface area contributed by atoms with Crippen molar-refractivity contribution in [2.24, 2.45) is 0 Å². The molecule has 1 aliphatic rings. The van der Waals surface area contributed by atoms with Crippen LogP contribution in [0.3, 0.4) is 0 Å². The third kappa shape index (κ3) is 5.64. The molecular weight excluding hydrogens is 410 g/mol. The number of hydrogen-bond donors (Lipinski definition) is 2. The van der Waals surface area contributed by atoms with Gasteiger partial charge in [0, 0.05) is 13.0 Å². The van der Waals surface area contributed by atoms with Gasteiger partial charge in [-0.25, -0.2) is 15.2 Å². The molecule has 8 nitrogen and oxygen atoms in total. The summed E-state index contributed by atoms with van der Waals surface area (Å²) in [6.07, 6.45) is 0.729. The Morgan fingerprint density at radius 1 is 1.06 bits per heavy atom. The van der Waals surface area contributed by atoms with Crippen LogP contribution in [0.2, 0.25) is 0 Å². The molecule has 1 fully saturated rings. The van der Waals surface area contributed by atoms with Crippen LogP contribution >= 0.6 is 0 Å². The molecule has 0 bridgehead atoms. The Labute approximate surface area is 187 Å². The maximum absolute atomic E-state index is 13.3. The van der Waals surface area contributed by atoms with E-state index in [1.54, 1.807) is 29.7 Å². The van der Waals surface area contributed by atoms with Gasteiger partial charge in [-0.2, -0.15) is 0 Å². The van der Waals surface area contributed by atoms with Crippen molar-refractivity contribution in [2.75, 3.05) is 4.90 Å². The second-order valence-electron chi connectivity index (χ2n) is 8.72. The number of anilines is 1. The average molecular weight is 440 g/mol. The van der Waals surface area contributed by atoms with E-state index in [9.17, 15) is 14.4 Å². The summed E-state index contributed by atoms with van der Waals surface area (Å²) in [4.78, 5) is 40.6. The van der Waals surface area contributed by atoms with Gasteiger partial charge in [0.05, 0.1) is 5.69 Å². The molecule has 0 aromatic heterocycles. The van der Waals surface area contributed by atoms with Crippen molar-refractivity contribution in [1.82, 2.24) is 10.4 Å². The summed E-state index contributed by atoms with van der Waals surface area (Å²) in [5.41, 5.74) is 2.60. The first-order valence-electron chi connectivity index (χ1n) is 10.6. The van der Waals surface area contributed by atoms with Gasteiger partial charge in [-0.05, 0) is 63.4 Å². The lowest BCUT2D eigenvalue weighted by Crippen LogP contribution is -2.35. The smallest absolute Gasteiger partial charge is 0.332 e. The number of carbonyl (C=O) groups is 3. The minimum absolute atomic E-state index is 0.0620. The van der Waals surface area contributed by atoms with E-state index in [0.717, 1.165) is 5.56 Å². The Morgan fingerprint density at radius 3 is 2.31 bits per heavy atom. The van der Waals surface area contributed by atoms with E-state index in [-0.39, 0.29) is 24.5 Å². The van der Waals surface area contributed by atoms with E-state index < -0.39 is 18.0 Å². The fraction of sp³-hybridized carbons (Fsp3) is 0.375. The van der Waals surface area contributed by atoms with Gasteiger partial charge >= 0.3 is 6.03 Å². The lowest BCUT2D eigenvalue weighted by Gasteiger charge is -2.22. The van der Waals surface area contributed by atoms with Crippen LogP contribution in [-0.2, 0) is 16.1 Å². The lowest BCUT2D eigenvalue weighted by atomic mass is 10.1. The van der Waals surface area contributed by atoms with Crippen LogP contribution in [-0.4, -0.2) is 39.6 Å². The standard InChI is InChI=1S/C24H29N3O5/c1-24(2,3)32-19-14-12-18(13-15-19)27-22(29)20(10-7-11-21(28)25-31)26(23(27)30)16-17-8-5-4-6-9-17/h4-6,8-9,12-15,20,31H,7,10-11,16H2,1-3H3,(H,25,28). The van der Waals surface area contributed by atoms with E-state index in [4.69, 9.17) is 9.94 Å². The van der Waals surface area contributed by atoms with Crippen molar-refractivity contribution in [3.05, 3.63) is 60.2 Å². The number of hydrogen-bond acceptors (Lipinski definition) is 5. The number of nitrogens with one attached hydrogen (secondary N) is 1. The molecule has 0 spiro atoms. The molecule has 2 N–H and O–H groups in total. The zero-order valence-corrected chi connectivity index (χ0v) is 18.6. The molecule has 1 unspecified atom stereocenters. The fourth-order valence-corrected chi connectivity index (χ4v) is 3.64. The Bertz CT molecular complexity index is 954. The number of nitrogens with zero attached hydrogens (tertiary/aromatic N) is 2. The highest BCUT2D eigenvalue weighted by molar-refractivity contribution is 6.21. The summed E-state index contributed by atoms with van der Waals surface area (Å²) >= 11 is 0. The van der Waals surface area contributed by atoms with Crippen LogP contribution in [0, 0.1) is 0 Å². The molecule has 1 aliphatic heterocycles. The highest BCUT2D eigenvalue weighted by Crippen LogP contribution is 2.31. The number of ether oxygens (including phenoxy) is 1. The Balaban J connectivity index is 1.82. The zero-order chi connectivity index (χ0) is 23.3. The summed E-state index contributed by atoms with van der Waals surface area (Å²) in [6.45, 7) is 6.11. The van der Waals surface area contributed by atoms with Crippen LogP contribution in [0.15, 0.2) is 54.6 Å². The lowest BCUT2D eigenvalue weighted by molar-refractivity contribution is -0.129. The second kappa shape index (κ2) is 9.82. The molecule has 4 amide bonds. The number of amides is 4. The SMILES string of the molecule is CC(C)(C)Oc1ccc(N2C(=O)C(CCCC(=O)NO)N(Cc3ccccc3)C2=O)cc1. The summed E-state index contributed by atoms with van der Waals surface area (Å²) in [6, 6.07) is 15.2. The van der Waals surface area contributed by atoms with Crippen LogP contribution in [0.5, 0.6) is 5.75 Å². The van der Waals surface area contributed by atoms with Crippen molar-refractivity contribution in [2.45, 2.75) is 58.2 Å². The van der Waals surface area contributed by atoms with Crippen LogP contribution < -0.4 is 15.1 Å². The van der Waals surface area contributed by atoms with Gasteiger partial charge in [0.25, 0.3) is 5.91 Å². The molecule has 8 heteroatoms. The third-order valence-corrected chi connectivity index (χ3v) is 5.04. The van der Waals surface area contributed by atoms with Crippen molar-refractivity contribution in [1.29, 1.82) is 0 Å². The fourth-order valence-electron chi connectivity index (χ4n) is 3.64. The molecule has 1 saturated heterocycles. The third-order valence-electron chi connectivity index (χ3n) is 5.04. The Morgan fingerprint density at radius 2 is 1.72 bits per heavy atom. The van der Waals surface area contributed by atoms with Crippen molar-refractivity contribution in [3.63, 3.8) is 0 Å². The Kier molecular flexibility index (Phi) is 7.15. The molecular formula is C24H29N3O5. The van der Waals surface area contributed by atoms with Crippen molar-refractivity contribution < 1.29 is 24.3 Å². The maximum atomic E-state index is 13.3. The van der Waals surface area contributed by atoms with Crippen molar-refractivity contribution >= 4 is 23.5 Å².